The number of alkyl halides is 3. The molecule has 0 unspecified atom stereocenters. The predicted molar refractivity (Wildman–Crippen MR) is 129 cm³/mol. The van der Waals surface area contributed by atoms with Gasteiger partial charge in [-0.05, 0) is 18.4 Å². The number of ether oxygens (including phenoxy) is 1. The maximum absolute atomic E-state index is 13.1. The van der Waals surface area contributed by atoms with Crippen LogP contribution in [-0.2, 0) is 26.3 Å². The van der Waals surface area contributed by atoms with E-state index in [2.05, 4.69) is 25.4 Å². The van der Waals surface area contributed by atoms with Gasteiger partial charge in [-0.3, -0.25) is 4.99 Å². The summed E-state index contributed by atoms with van der Waals surface area (Å²) in [5.41, 5.74) is 4.49. The van der Waals surface area contributed by atoms with Gasteiger partial charge < -0.3 is 14.6 Å². The molecule has 12 heteroatoms. The van der Waals surface area contributed by atoms with E-state index in [0.717, 1.165) is 45.6 Å². The number of amidine groups is 1. The fraction of sp³-hybridized carbons (Fsp3) is 0.320. The molecule has 9 nitrogen and oxygen atoms in total. The number of nitrogens with one attached hydrogen (secondary N) is 1. The Bertz CT molecular complexity index is 1500. The minimum absolute atomic E-state index is 0.269. The number of fused-ring (bicyclic) bond motifs is 1. The highest BCUT2D eigenvalue weighted by atomic mass is 19.4. The lowest BCUT2D eigenvalue weighted by Crippen LogP contribution is -2.24. The van der Waals surface area contributed by atoms with Crippen molar-refractivity contribution in [2.45, 2.75) is 38.0 Å². The minimum Gasteiger partial charge on any atom is -0.480 e. The van der Waals surface area contributed by atoms with Gasteiger partial charge in [-0.15, -0.1) is 0 Å². The molecule has 1 fully saturated rings. The summed E-state index contributed by atoms with van der Waals surface area (Å²) in [6, 6.07) is 7.26. The monoisotopic (exact) mass is 508 g/mol. The van der Waals surface area contributed by atoms with E-state index in [-0.39, 0.29) is 5.69 Å². The van der Waals surface area contributed by atoms with Crippen LogP contribution in [0.25, 0.3) is 11.3 Å². The molecule has 0 atom stereocenters. The lowest BCUT2D eigenvalue weighted by Gasteiger charge is -2.20. The second-order valence-electron chi connectivity index (χ2n) is 9.14. The largest absolute Gasteiger partial charge is 0.480 e. The molecule has 190 valence electrons. The third kappa shape index (κ3) is 4.32. The van der Waals surface area contributed by atoms with E-state index in [1.54, 1.807) is 25.4 Å². The van der Waals surface area contributed by atoms with Crippen molar-refractivity contribution in [3.63, 3.8) is 0 Å². The summed E-state index contributed by atoms with van der Waals surface area (Å²) in [4.78, 5) is 17.3. The first kappa shape index (κ1) is 23.2. The van der Waals surface area contributed by atoms with Crippen LogP contribution in [0.2, 0.25) is 0 Å². The SMILES string of the molecule is COc1ncnc(C2CC2)c1C1=NCc2cnn(Cc3ccc(-c4cn(C)c(C(F)(F)F)n4)cc3)c2N1. The number of aryl methyl sites for hydroxylation is 1. The molecule has 6 rings (SSSR count). The van der Waals surface area contributed by atoms with Crippen molar-refractivity contribution in [2.24, 2.45) is 12.0 Å². The average Bonchev–Trinajstić information content (AvgIpc) is 3.55. The van der Waals surface area contributed by atoms with Crippen LogP contribution in [0.1, 0.15) is 47.0 Å². The Kier molecular flexibility index (Phi) is 5.46. The van der Waals surface area contributed by atoms with Gasteiger partial charge in [-0.25, -0.2) is 19.6 Å². The third-order valence-corrected chi connectivity index (χ3v) is 6.51. The van der Waals surface area contributed by atoms with E-state index in [0.29, 0.717) is 36.3 Å². The predicted octanol–water partition coefficient (Wildman–Crippen LogP) is 4.40. The molecule has 4 aromatic rings. The molecule has 1 aliphatic carbocycles. The molecule has 1 aromatic carbocycles. The summed E-state index contributed by atoms with van der Waals surface area (Å²) in [6.07, 6.45) is 2.34. The Balaban J connectivity index is 1.23. The normalized spacial score (nSPS) is 15.2. The third-order valence-electron chi connectivity index (χ3n) is 6.51. The number of imidazole rings is 1. The highest BCUT2D eigenvalue weighted by Crippen LogP contribution is 2.42. The van der Waals surface area contributed by atoms with Crippen LogP contribution >= 0.6 is 0 Å². The molecular formula is C25H23F3N8O. The molecule has 1 N–H and O–H groups in total. The molecule has 1 aliphatic heterocycles. The zero-order chi connectivity index (χ0) is 25.7. The number of aliphatic imine (C=N–C) groups is 1. The second kappa shape index (κ2) is 8.71. The quantitative estimate of drug-likeness (QED) is 0.415. The van der Waals surface area contributed by atoms with Gasteiger partial charge >= 0.3 is 6.18 Å². The summed E-state index contributed by atoms with van der Waals surface area (Å²) in [7, 11) is 2.92. The van der Waals surface area contributed by atoms with E-state index < -0.39 is 12.0 Å². The van der Waals surface area contributed by atoms with E-state index in [9.17, 15) is 13.2 Å². The first-order valence-corrected chi connectivity index (χ1v) is 11.8. The van der Waals surface area contributed by atoms with Gasteiger partial charge in [0.2, 0.25) is 11.7 Å². The van der Waals surface area contributed by atoms with Crippen molar-refractivity contribution in [1.82, 2.24) is 29.3 Å². The van der Waals surface area contributed by atoms with Crippen LogP contribution < -0.4 is 10.1 Å². The van der Waals surface area contributed by atoms with Gasteiger partial charge in [0.1, 0.15) is 23.5 Å². The van der Waals surface area contributed by atoms with Gasteiger partial charge in [0.15, 0.2) is 0 Å². The standard InChI is InChI=1S/C25H23F3N8O/c1-35-12-18(33-24(35)25(26,27)28)15-5-3-14(4-6-15)11-36-22-17(10-32-36)9-29-21(34-22)19-20(16-7-8-16)30-13-31-23(19)37-2/h3-6,10,12-13,16H,7-9,11H2,1-2H3,(H,29,34). The molecule has 4 heterocycles. The topological polar surface area (TPSA) is 95.0 Å². The molecule has 0 saturated heterocycles. The number of halogens is 3. The maximum Gasteiger partial charge on any atom is 0.449 e. The first-order chi connectivity index (χ1) is 17.8. The van der Waals surface area contributed by atoms with Crippen LogP contribution in [0.15, 0.2) is 48.0 Å². The van der Waals surface area contributed by atoms with E-state index >= 15 is 0 Å². The molecule has 37 heavy (non-hydrogen) atoms. The first-order valence-electron chi connectivity index (χ1n) is 11.8. The highest BCUT2D eigenvalue weighted by molar-refractivity contribution is 6.11. The molecule has 2 aliphatic rings. The second-order valence-corrected chi connectivity index (χ2v) is 9.14. The van der Waals surface area contributed by atoms with Gasteiger partial charge in [0, 0.05) is 30.3 Å². The molecule has 1 saturated carbocycles. The van der Waals surface area contributed by atoms with E-state index in [4.69, 9.17) is 9.73 Å². The van der Waals surface area contributed by atoms with Gasteiger partial charge in [0.05, 0.1) is 37.8 Å². The van der Waals surface area contributed by atoms with Gasteiger partial charge in [-0.1, -0.05) is 24.3 Å². The summed E-state index contributed by atoms with van der Waals surface area (Å²) >= 11 is 0. The van der Waals surface area contributed by atoms with Crippen molar-refractivity contribution in [3.05, 3.63) is 71.2 Å². The van der Waals surface area contributed by atoms with Crippen molar-refractivity contribution >= 4 is 11.7 Å². The number of hydrogen-bond donors (Lipinski definition) is 1. The fourth-order valence-corrected chi connectivity index (χ4v) is 4.51. The maximum atomic E-state index is 13.1. The number of nitrogens with zero attached hydrogens (tertiary/aromatic N) is 7. The van der Waals surface area contributed by atoms with E-state index in [1.165, 1.54) is 19.6 Å². The Morgan fingerprint density at radius 1 is 1.14 bits per heavy atom. The Labute approximate surface area is 210 Å². The van der Waals surface area contributed by atoms with Crippen LogP contribution in [-0.4, -0.2) is 42.2 Å². The average molecular weight is 509 g/mol. The van der Waals surface area contributed by atoms with Gasteiger partial charge in [-0.2, -0.15) is 18.3 Å². The van der Waals surface area contributed by atoms with Crippen LogP contribution in [0.4, 0.5) is 19.0 Å². The minimum atomic E-state index is -4.50. The Morgan fingerprint density at radius 2 is 1.92 bits per heavy atom. The van der Waals surface area contributed by atoms with Crippen LogP contribution in [0, 0.1) is 0 Å². The number of methoxy groups -OCH3 is 1. The van der Waals surface area contributed by atoms with Gasteiger partial charge in [0.25, 0.3) is 0 Å². The number of rotatable bonds is 6. The van der Waals surface area contributed by atoms with Crippen molar-refractivity contribution in [1.29, 1.82) is 0 Å². The number of aromatic nitrogens is 6. The number of hydrogen-bond acceptors (Lipinski definition) is 7. The molecule has 0 bridgehead atoms. The summed E-state index contributed by atoms with van der Waals surface area (Å²) < 4.78 is 47.7. The number of benzene rings is 1. The molecule has 0 radical (unpaired) electrons. The molecule has 0 spiro atoms. The summed E-state index contributed by atoms with van der Waals surface area (Å²) in [6.45, 7) is 0.920. The lowest BCUT2D eigenvalue weighted by molar-refractivity contribution is -0.146. The Hall–Kier alpha value is -4.22. The van der Waals surface area contributed by atoms with E-state index in [1.807, 2.05) is 16.8 Å². The van der Waals surface area contributed by atoms with Crippen LogP contribution in [0.3, 0.4) is 0 Å². The Morgan fingerprint density at radius 3 is 2.59 bits per heavy atom. The van der Waals surface area contributed by atoms with Crippen molar-refractivity contribution in [2.75, 3.05) is 12.4 Å². The zero-order valence-electron chi connectivity index (χ0n) is 20.1. The van der Waals surface area contributed by atoms with Crippen molar-refractivity contribution < 1.29 is 17.9 Å². The molecular weight excluding hydrogens is 485 g/mol. The smallest absolute Gasteiger partial charge is 0.449 e. The molecule has 3 aromatic heterocycles. The highest BCUT2D eigenvalue weighted by Gasteiger charge is 2.36. The lowest BCUT2D eigenvalue weighted by atomic mass is 10.1. The fourth-order valence-electron chi connectivity index (χ4n) is 4.51. The van der Waals surface area contributed by atoms with Crippen molar-refractivity contribution in [3.8, 4) is 17.1 Å². The van der Waals surface area contributed by atoms with Crippen LogP contribution in [0.5, 0.6) is 5.88 Å². The number of anilines is 1. The summed E-state index contributed by atoms with van der Waals surface area (Å²) in [5, 5.41) is 7.95. The zero-order valence-corrected chi connectivity index (χ0v) is 20.1. The summed E-state index contributed by atoms with van der Waals surface area (Å²) in [5.74, 6) is 1.41. The molecule has 0 amide bonds.